The van der Waals surface area contributed by atoms with Crippen molar-refractivity contribution < 1.29 is 97.4 Å². The van der Waals surface area contributed by atoms with Crippen LogP contribution < -0.4 is 34.5 Å². The highest BCUT2D eigenvalue weighted by Crippen LogP contribution is 2.36. The number of aryl methyl sites for hydroxylation is 4. The molecule has 6 aromatic heterocycles. The lowest BCUT2D eigenvalue weighted by Gasteiger charge is -2.33. The molecule has 14 rings (SSSR count). The Morgan fingerprint density at radius 1 is 0.468 bits per heavy atom. The maximum absolute atomic E-state index is 13.1. The number of fused-ring (bicyclic) bond motifs is 8. The Labute approximate surface area is 748 Å². The zero-order chi connectivity index (χ0) is 90.0. The normalized spacial score (nSPS) is 19.8. The standard InChI is InChI=1S/C20H23F2N5O2.C19H25F2N3O4.C14H17F2N3O2.C11H20N2O2.C8H7F2NO3.C6H7ClN2.C6H15N.CH4.2ClH/c1-12-6-13(2)25-20(24-12)27-9-14-7-15(27)10-26(8-14)19(28)16-4-3-5-23-18(16)29-11-17(21)22;1-19(2,3)28-18(26)24-9-12-7-13(24)10-23(8-12)17(25)14-5-4-6-22-16(14)27-11-15(20)21;15-12(16)8-21-13-11(2-1-3-17-13)14(20)19-6-9-4-10(7-19)18-5-9;1-11(2,3)15-10(14)13-7-8-4-9(13)6-12-5-8;9-6(10)4-14-7-5(8(12)13)2-1-3-11-7;1-4-3-5(2)9-6(7)8-4;1-4-7(5-2)6-3;;;/h3-6,14-15,17H,7-11H2,1-2H3;4-6,12-13,15H,7-11H2,1-3H3;1-3,9-10,12,18H,4-8H2;8-9,12H,4-7H2,1-3H3;1-3,6H,4H2,(H,12,13);3H,1-2H3;4-6H2,1-3H3;1H4;2*1H. The maximum Gasteiger partial charge on any atom is 0.410 e. The average Bonchev–Trinajstić information content (AvgIpc) is 1.60. The summed E-state index contributed by atoms with van der Waals surface area (Å²) in [6.45, 7) is 34.1. The van der Waals surface area contributed by atoms with Gasteiger partial charge in [-0.3, -0.25) is 14.4 Å². The van der Waals surface area contributed by atoms with Crippen molar-refractivity contribution >= 4 is 78.2 Å². The fraction of sp³-hybridized carbons (Fsp3) is 0.600. The van der Waals surface area contributed by atoms with E-state index in [1.54, 1.807) is 49.9 Å². The lowest BCUT2D eigenvalue weighted by molar-refractivity contribution is 0.0203. The molecule has 8 atom stereocenters. The molecule has 41 heteroatoms. The largest absolute Gasteiger partial charge is 0.477 e. The predicted molar refractivity (Wildman–Crippen MR) is 462 cm³/mol. The van der Waals surface area contributed by atoms with Crippen LogP contribution >= 0.6 is 36.4 Å². The minimum Gasteiger partial charge on any atom is -0.477 e. The maximum atomic E-state index is 13.1. The van der Waals surface area contributed by atoms with Crippen molar-refractivity contribution in [3.05, 3.63) is 136 Å². The Bertz CT molecular complexity index is 4350. The minimum atomic E-state index is -2.65. The number of nitrogens with one attached hydrogen (secondary N) is 2. The van der Waals surface area contributed by atoms with Gasteiger partial charge >= 0.3 is 18.2 Å². The van der Waals surface area contributed by atoms with Gasteiger partial charge in [0.2, 0.25) is 34.8 Å². The summed E-state index contributed by atoms with van der Waals surface area (Å²) < 4.78 is 128. The van der Waals surface area contributed by atoms with Crippen molar-refractivity contribution in [3.8, 4) is 23.5 Å². The zero-order valence-corrected chi connectivity index (χ0v) is 74.9. The Balaban J connectivity index is 0.000000271. The van der Waals surface area contributed by atoms with Gasteiger partial charge in [-0.05, 0) is 217 Å². The van der Waals surface area contributed by atoms with E-state index in [0.717, 1.165) is 81.2 Å². The molecule has 0 aliphatic carbocycles. The molecule has 8 unspecified atom stereocenters. The van der Waals surface area contributed by atoms with Gasteiger partial charge in [-0.2, -0.15) is 0 Å². The first-order valence-electron chi connectivity index (χ1n) is 41.0. The number of amides is 5. The number of alkyl halides is 8. The van der Waals surface area contributed by atoms with Crippen molar-refractivity contribution in [3.63, 3.8) is 0 Å². The third kappa shape index (κ3) is 33.5. The highest BCUT2D eigenvalue weighted by atomic mass is 35.5. The Kier molecular flexibility index (Phi) is 43.1. The first-order valence-corrected chi connectivity index (χ1v) is 41.4. The summed E-state index contributed by atoms with van der Waals surface area (Å²) in [4.78, 5) is 119. The molecule has 6 aromatic rings. The molecule has 3 N–H and O–H groups in total. The number of carbonyl (C=O) groups is 6. The number of carbonyl (C=O) groups excluding carboxylic acids is 5. The first-order chi connectivity index (χ1) is 58.3. The molecule has 8 saturated heterocycles. The van der Waals surface area contributed by atoms with Crippen molar-refractivity contribution in [1.29, 1.82) is 0 Å². The number of aromatic nitrogens is 8. The number of hydrogen-bond acceptors (Lipinski definition) is 24. The lowest BCUT2D eigenvalue weighted by Crippen LogP contribution is -2.47. The number of nitrogens with zero attached hydrogens (tertiary/aromatic N) is 15. The summed E-state index contributed by atoms with van der Waals surface area (Å²) in [7, 11) is 0. The van der Waals surface area contributed by atoms with E-state index in [0.29, 0.717) is 86.9 Å². The smallest absolute Gasteiger partial charge is 0.410 e. The molecular weight excluding hydrogens is 1730 g/mol. The van der Waals surface area contributed by atoms with Crippen LogP contribution in [0.15, 0.2) is 85.5 Å². The van der Waals surface area contributed by atoms with Gasteiger partial charge in [-0.1, -0.05) is 28.2 Å². The van der Waals surface area contributed by atoms with E-state index in [-0.39, 0.29) is 132 Å². The molecule has 0 saturated carbocycles. The van der Waals surface area contributed by atoms with Crippen LogP contribution in [0.25, 0.3) is 0 Å². The molecule has 0 radical (unpaired) electrons. The topological polar surface area (TPSA) is 328 Å². The number of rotatable bonds is 20. The molecule has 0 aromatic carbocycles. The number of halogens is 11. The third-order valence-corrected chi connectivity index (χ3v) is 20.6. The van der Waals surface area contributed by atoms with E-state index < -0.39 is 63.7 Å². The number of aromatic carboxylic acids is 1. The van der Waals surface area contributed by atoms with Crippen LogP contribution in [0.5, 0.6) is 23.5 Å². The van der Waals surface area contributed by atoms with Gasteiger partial charge in [0, 0.05) is 138 Å². The van der Waals surface area contributed by atoms with Gasteiger partial charge in [-0.15, -0.1) is 24.8 Å². The number of hydrogen-bond donors (Lipinski definition) is 3. The van der Waals surface area contributed by atoms with Crippen LogP contribution in [-0.2, 0) is 9.47 Å². The van der Waals surface area contributed by atoms with E-state index in [9.17, 15) is 63.9 Å². The SMILES string of the molecule is C.CC(C)(C)OC(=O)N1CC2CC1CN(C(=O)c1cccnc1OCC(F)F)C2.CC(C)(C)OC(=O)N1CC2CNCC1C2.CCN(CC)CC.Cc1cc(C)nc(Cl)n1.Cc1cc(C)nc(N2CC3CC2CN(C(=O)c2cccnc2OCC(F)F)C3)n1.Cl.Cl.O=C(O)c1cccnc1OCC(F)F.O=C(c1cccnc1OCC(F)F)N1CC2CNC(C2)C1. The van der Waals surface area contributed by atoms with E-state index in [4.69, 9.17) is 40.4 Å². The van der Waals surface area contributed by atoms with E-state index in [2.05, 4.69) is 85.8 Å². The number of anilines is 1. The van der Waals surface area contributed by atoms with Crippen LogP contribution in [0.4, 0.5) is 50.7 Å². The van der Waals surface area contributed by atoms with Crippen LogP contribution in [0.2, 0.25) is 5.28 Å². The van der Waals surface area contributed by atoms with Gasteiger partial charge in [0.05, 0.1) is 6.04 Å². The molecular formula is C85H120Cl3F8N17O13. The number of carboxylic acids is 1. The van der Waals surface area contributed by atoms with Crippen LogP contribution in [0.1, 0.15) is 160 Å². The van der Waals surface area contributed by atoms with Gasteiger partial charge in [-0.25, -0.2) is 89.4 Å². The molecule has 126 heavy (non-hydrogen) atoms. The van der Waals surface area contributed by atoms with Crippen molar-refractivity contribution in [2.45, 2.75) is 184 Å². The molecule has 8 bridgehead atoms. The van der Waals surface area contributed by atoms with Crippen LogP contribution in [0, 0.1) is 51.4 Å². The summed E-state index contributed by atoms with van der Waals surface area (Å²) in [5.41, 5.74) is 3.05. The van der Waals surface area contributed by atoms with Gasteiger partial charge in [0.1, 0.15) is 33.5 Å². The summed E-state index contributed by atoms with van der Waals surface area (Å²) in [6.07, 6.45) is -1.54. The Morgan fingerprint density at radius 2 is 0.817 bits per heavy atom. The molecule has 5 amide bonds. The zero-order valence-electron chi connectivity index (χ0n) is 72.5. The highest BCUT2D eigenvalue weighted by molar-refractivity contribution is 6.28. The summed E-state index contributed by atoms with van der Waals surface area (Å²) in [6, 6.07) is 16.5. The second kappa shape index (κ2) is 50.8. The fourth-order valence-corrected chi connectivity index (χ4v) is 15.6. The van der Waals surface area contributed by atoms with Gasteiger partial charge < -0.3 is 78.5 Å². The summed E-state index contributed by atoms with van der Waals surface area (Å²) >= 11 is 5.53. The number of likely N-dealkylation sites (tertiary alicyclic amines) is 5. The average molecular weight is 1850 g/mol. The minimum absolute atomic E-state index is 0. The monoisotopic (exact) mass is 1840 g/mol. The Morgan fingerprint density at radius 3 is 1.20 bits per heavy atom. The molecule has 8 fully saturated rings. The molecule has 30 nitrogen and oxygen atoms in total. The van der Waals surface area contributed by atoms with Gasteiger partial charge in [0.25, 0.3) is 43.4 Å². The summed E-state index contributed by atoms with van der Waals surface area (Å²) in [5, 5.41) is 15.7. The van der Waals surface area contributed by atoms with Crippen LogP contribution in [-0.4, -0.2) is 296 Å². The first kappa shape index (κ1) is 107. The molecule has 14 heterocycles. The number of ether oxygens (including phenoxy) is 6. The third-order valence-electron chi connectivity index (χ3n) is 20.4. The van der Waals surface area contributed by atoms with Crippen molar-refractivity contribution in [2.75, 3.05) is 129 Å². The van der Waals surface area contributed by atoms with E-state index in [1.165, 1.54) is 62.6 Å². The number of carboxylic acid groups (broad SMARTS) is 1. The quantitative estimate of drug-likeness (QED) is 0.0472. The highest BCUT2D eigenvalue weighted by Gasteiger charge is 2.46. The van der Waals surface area contributed by atoms with E-state index in [1.807, 2.05) is 86.3 Å². The predicted octanol–water partition coefficient (Wildman–Crippen LogP) is 13.7. The van der Waals surface area contributed by atoms with Gasteiger partial charge in [0.15, 0.2) is 26.4 Å². The molecule has 8 aliphatic rings. The lowest BCUT2D eigenvalue weighted by atomic mass is 9.99. The number of piperidine rings is 4. The number of pyridine rings is 4. The Hall–Kier alpha value is -9.63. The molecule has 0 spiro atoms. The van der Waals surface area contributed by atoms with Crippen molar-refractivity contribution in [1.82, 2.24) is 79.9 Å². The van der Waals surface area contributed by atoms with E-state index >= 15 is 0 Å². The second-order valence-electron chi connectivity index (χ2n) is 32.7. The fourth-order valence-electron chi connectivity index (χ4n) is 15.3. The van der Waals surface area contributed by atoms with Crippen molar-refractivity contribution in [2.24, 2.45) is 23.7 Å². The molecule has 8 aliphatic heterocycles. The molecule has 700 valence electrons. The van der Waals surface area contributed by atoms with Crippen LogP contribution in [0.3, 0.4) is 0 Å². The second-order valence-corrected chi connectivity index (χ2v) is 33.0. The summed E-state index contributed by atoms with van der Waals surface area (Å²) in [5.74, 6) is -0.264.